The van der Waals surface area contributed by atoms with E-state index >= 15 is 0 Å². The molecular weight excluding hydrogens is 516 g/mol. The monoisotopic (exact) mass is 550 g/mol. The highest BCUT2D eigenvalue weighted by atomic mass is 32.2. The van der Waals surface area contributed by atoms with Gasteiger partial charge in [0.05, 0.1) is 10.8 Å². The van der Waals surface area contributed by atoms with E-state index in [0.717, 1.165) is 24.2 Å². The third-order valence-electron chi connectivity index (χ3n) is 7.24. The molecular formula is C25H34N4O6S2. The second-order valence-electron chi connectivity index (χ2n) is 9.69. The Labute approximate surface area is 224 Å². The molecule has 0 saturated carbocycles. The standard InChI is InChI=1S/C25H34N4O6S2/c30-16-4-2-15(3-5-16)17-6-10-26-20(17)22(32)28-18-7-13-36-14-19(23(33)34)29-24(35)25(8-1-12-37-25)9-11-27-21(18)31/h2-5,17-20,26,30H,1,6-14H2,(H,27,31)(H,28,32)(H,29,35)(H,33,34)/t17-,18+,19-,20?,25?/m0/s1. The first kappa shape index (κ1) is 27.6. The van der Waals surface area contributed by atoms with Crippen molar-refractivity contribution in [2.45, 2.75) is 60.9 Å². The summed E-state index contributed by atoms with van der Waals surface area (Å²) in [4.78, 5) is 51.3. The predicted octanol–water partition coefficient (Wildman–Crippen LogP) is 0.801. The molecule has 3 fully saturated rings. The summed E-state index contributed by atoms with van der Waals surface area (Å²) in [6.45, 7) is 0.919. The topological polar surface area (TPSA) is 157 Å². The van der Waals surface area contributed by atoms with Crippen LogP contribution in [0.1, 0.15) is 43.6 Å². The minimum absolute atomic E-state index is 0.0829. The number of aromatic hydroxyl groups is 1. The first-order valence-corrected chi connectivity index (χ1v) is 14.8. The Hall–Kier alpha value is -2.44. The molecule has 2 unspecified atom stereocenters. The maximum absolute atomic E-state index is 13.3. The third-order valence-corrected chi connectivity index (χ3v) is 9.98. The molecule has 1 spiro atoms. The molecule has 3 amide bonds. The van der Waals surface area contributed by atoms with Crippen molar-refractivity contribution in [2.24, 2.45) is 0 Å². The van der Waals surface area contributed by atoms with Gasteiger partial charge in [0, 0.05) is 18.2 Å². The van der Waals surface area contributed by atoms with Gasteiger partial charge in [0.15, 0.2) is 0 Å². The van der Waals surface area contributed by atoms with Crippen LogP contribution in [0.2, 0.25) is 0 Å². The summed E-state index contributed by atoms with van der Waals surface area (Å²) in [6, 6.07) is 4.52. The van der Waals surface area contributed by atoms with E-state index in [1.807, 2.05) is 0 Å². The normalized spacial score (nSPS) is 31.5. The first-order valence-electron chi connectivity index (χ1n) is 12.6. The summed E-state index contributed by atoms with van der Waals surface area (Å²) in [5.41, 5.74) is 0.939. The number of amides is 3. The van der Waals surface area contributed by atoms with Gasteiger partial charge >= 0.3 is 5.97 Å². The summed E-state index contributed by atoms with van der Waals surface area (Å²) >= 11 is 2.85. The van der Waals surface area contributed by atoms with Crippen LogP contribution in [0.3, 0.4) is 0 Å². The Morgan fingerprint density at radius 1 is 1.05 bits per heavy atom. The maximum atomic E-state index is 13.3. The predicted molar refractivity (Wildman–Crippen MR) is 143 cm³/mol. The summed E-state index contributed by atoms with van der Waals surface area (Å²) in [6.07, 6.45) is 2.97. The third kappa shape index (κ3) is 6.71. The van der Waals surface area contributed by atoms with E-state index in [0.29, 0.717) is 31.6 Å². The number of nitrogens with one attached hydrogen (secondary N) is 4. The molecule has 3 aliphatic rings. The molecule has 0 aromatic heterocycles. The minimum Gasteiger partial charge on any atom is -0.508 e. The molecule has 3 heterocycles. The second-order valence-corrected chi connectivity index (χ2v) is 12.3. The van der Waals surface area contributed by atoms with Gasteiger partial charge < -0.3 is 31.5 Å². The van der Waals surface area contributed by atoms with Crippen LogP contribution in [0.25, 0.3) is 0 Å². The maximum Gasteiger partial charge on any atom is 0.327 e. The van der Waals surface area contributed by atoms with Crippen LogP contribution in [0.5, 0.6) is 5.75 Å². The Morgan fingerprint density at radius 3 is 2.54 bits per heavy atom. The van der Waals surface area contributed by atoms with E-state index in [4.69, 9.17) is 0 Å². The Morgan fingerprint density at radius 2 is 1.84 bits per heavy atom. The number of benzene rings is 1. The fraction of sp³-hybridized carbons (Fsp3) is 0.600. The largest absolute Gasteiger partial charge is 0.508 e. The molecule has 12 heteroatoms. The van der Waals surface area contributed by atoms with Crippen molar-refractivity contribution in [3.05, 3.63) is 29.8 Å². The lowest BCUT2D eigenvalue weighted by Crippen LogP contribution is -2.53. The second kappa shape index (κ2) is 12.4. The van der Waals surface area contributed by atoms with Crippen LogP contribution in [0, 0.1) is 0 Å². The Balaban J connectivity index is 1.45. The number of carbonyl (C=O) groups excluding carboxylic acids is 3. The van der Waals surface area contributed by atoms with Gasteiger partial charge in [-0.3, -0.25) is 14.4 Å². The van der Waals surface area contributed by atoms with Crippen molar-refractivity contribution in [3.8, 4) is 5.75 Å². The molecule has 202 valence electrons. The molecule has 10 nitrogen and oxygen atoms in total. The van der Waals surface area contributed by atoms with Crippen LogP contribution < -0.4 is 21.3 Å². The molecule has 3 aliphatic heterocycles. The molecule has 0 aliphatic carbocycles. The minimum atomic E-state index is -1.08. The van der Waals surface area contributed by atoms with Gasteiger partial charge in [0.25, 0.3) is 0 Å². The molecule has 6 N–H and O–H groups in total. The van der Waals surface area contributed by atoms with Gasteiger partial charge in [0.2, 0.25) is 17.7 Å². The highest BCUT2D eigenvalue weighted by Crippen LogP contribution is 2.41. The van der Waals surface area contributed by atoms with E-state index in [1.54, 1.807) is 24.3 Å². The molecule has 4 rings (SSSR count). The lowest BCUT2D eigenvalue weighted by atomic mass is 9.91. The molecule has 1 aromatic rings. The van der Waals surface area contributed by atoms with E-state index < -0.39 is 28.8 Å². The van der Waals surface area contributed by atoms with Crippen molar-refractivity contribution in [3.63, 3.8) is 0 Å². The summed E-state index contributed by atoms with van der Waals surface area (Å²) < 4.78 is -0.760. The molecule has 0 radical (unpaired) electrons. The van der Waals surface area contributed by atoms with Crippen LogP contribution in [0.4, 0.5) is 0 Å². The van der Waals surface area contributed by atoms with E-state index in [2.05, 4.69) is 21.3 Å². The van der Waals surface area contributed by atoms with E-state index in [-0.39, 0.29) is 41.7 Å². The summed E-state index contributed by atoms with van der Waals surface area (Å²) in [5.74, 6) is -0.435. The summed E-state index contributed by atoms with van der Waals surface area (Å²) in [7, 11) is 0. The van der Waals surface area contributed by atoms with E-state index in [1.165, 1.54) is 23.5 Å². The summed E-state index contributed by atoms with van der Waals surface area (Å²) in [5, 5.41) is 31.0. The molecule has 1 aromatic carbocycles. The van der Waals surface area contributed by atoms with Crippen molar-refractivity contribution in [1.82, 2.24) is 21.3 Å². The number of hydrogen-bond acceptors (Lipinski definition) is 8. The van der Waals surface area contributed by atoms with Crippen LogP contribution >= 0.6 is 23.5 Å². The molecule has 3 saturated heterocycles. The number of thioether (sulfide) groups is 2. The lowest BCUT2D eigenvalue weighted by Gasteiger charge is -2.28. The molecule has 37 heavy (non-hydrogen) atoms. The number of aliphatic carboxylic acids is 1. The van der Waals surface area contributed by atoms with Crippen LogP contribution in [-0.2, 0) is 19.2 Å². The van der Waals surface area contributed by atoms with E-state index in [9.17, 15) is 29.4 Å². The highest BCUT2D eigenvalue weighted by Gasteiger charge is 2.43. The van der Waals surface area contributed by atoms with Crippen molar-refractivity contribution < 1.29 is 29.4 Å². The number of phenolic OH excluding ortho intramolecular Hbond substituents is 1. The number of rotatable bonds is 4. The van der Waals surface area contributed by atoms with Crippen molar-refractivity contribution in [2.75, 3.05) is 30.3 Å². The van der Waals surface area contributed by atoms with Crippen LogP contribution in [0.15, 0.2) is 24.3 Å². The smallest absolute Gasteiger partial charge is 0.327 e. The van der Waals surface area contributed by atoms with Gasteiger partial charge in [-0.25, -0.2) is 4.79 Å². The number of carboxylic acids is 1. The van der Waals surface area contributed by atoms with Gasteiger partial charge in [-0.2, -0.15) is 11.8 Å². The fourth-order valence-corrected chi connectivity index (χ4v) is 7.59. The van der Waals surface area contributed by atoms with Gasteiger partial charge in [-0.15, -0.1) is 11.8 Å². The lowest BCUT2D eigenvalue weighted by molar-refractivity contribution is -0.141. The molecule has 0 bridgehead atoms. The van der Waals surface area contributed by atoms with Crippen LogP contribution in [-0.4, -0.2) is 87.1 Å². The van der Waals surface area contributed by atoms with Crippen molar-refractivity contribution in [1.29, 1.82) is 0 Å². The zero-order chi connectivity index (χ0) is 26.4. The number of carbonyl (C=O) groups is 4. The van der Waals surface area contributed by atoms with Crippen molar-refractivity contribution >= 4 is 47.2 Å². The Kier molecular flexibility index (Phi) is 9.25. The average molecular weight is 551 g/mol. The number of carboxylic acid groups (broad SMARTS) is 1. The average Bonchev–Trinajstić information content (AvgIpc) is 3.55. The number of hydrogen-bond donors (Lipinski definition) is 6. The van der Waals surface area contributed by atoms with Gasteiger partial charge in [0.1, 0.15) is 17.8 Å². The fourth-order valence-electron chi connectivity index (χ4n) is 5.15. The zero-order valence-corrected chi connectivity index (χ0v) is 22.2. The SMILES string of the molecule is O=C(N[C@@H]1CCSC[C@@H](C(=O)O)NC(=O)C2(CCCS2)CCNC1=O)C1NCC[C@H]1c1ccc(O)cc1. The quantitative estimate of drug-likeness (QED) is 0.319. The first-order chi connectivity index (χ1) is 17.8. The number of phenols is 1. The van der Waals surface area contributed by atoms with Gasteiger partial charge in [-0.05, 0) is 67.9 Å². The highest BCUT2D eigenvalue weighted by molar-refractivity contribution is 8.01. The Bertz CT molecular complexity index is 1000. The zero-order valence-electron chi connectivity index (χ0n) is 20.5. The molecule has 5 atom stereocenters. The van der Waals surface area contributed by atoms with Gasteiger partial charge in [-0.1, -0.05) is 12.1 Å².